The van der Waals surface area contributed by atoms with Crippen molar-refractivity contribution in [3.63, 3.8) is 0 Å². The van der Waals surface area contributed by atoms with E-state index in [4.69, 9.17) is 4.74 Å². The Balaban J connectivity index is 2.13. The van der Waals surface area contributed by atoms with E-state index < -0.39 is 17.3 Å². The number of halogens is 3. The van der Waals surface area contributed by atoms with Gasteiger partial charge < -0.3 is 10.1 Å². The summed E-state index contributed by atoms with van der Waals surface area (Å²) in [7, 11) is 1.31. The average molecular weight is 301 g/mol. The maximum atomic E-state index is 13.0. The maximum absolute atomic E-state index is 13.0. The van der Waals surface area contributed by atoms with Crippen LogP contribution in [0.2, 0.25) is 0 Å². The number of ether oxygens (including phenoxy) is 1. The van der Waals surface area contributed by atoms with E-state index in [2.05, 4.69) is 5.32 Å². The average Bonchev–Trinajstić information content (AvgIpc) is 2.80. The van der Waals surface area contributed by atoms with Crippen molar-refractivity contribution in [1.29, 1.82) is 0 Å². The van der Waals surface area contributed by atoms with E-state index in [0.717, 1.165) is 6.07 Å². The molecule has 0 saturated carbocycles. The van der Waals surface area contributed by atoms with Crippen molar-refractivity contribution in [2.75, 3.05) is 13.7 Å². The molecule has 1 aliphatic rings. The second-order valence-corrected chi connectivity index (χ2v) is 5.63. The Morgan fingerprint density at radius 3 is 2.71 bits per heavy atom. The van der Waals surface area contributed by atoms with Crippen molar-refractivity contribution >= 4 is 5.97 Å². The Labute approximate surface area is 121 Å². The molecule has 1 aliphatic heterocycles. The van der Waals surface area contributed by atoms with E-state index in [9.17, 15) is 18.0 Å². The molecular weight excluding hydrogens is 283 g/mol. The standard InChI is InChI=1S/C15H18F3NO2/c1-14(13(20)21-2)8-10(9-19-14)7-11-5-3-4-6-12(11)15(16,17)18/h3-6,10,19H,7-9H2,1-2H3. The molecule has 116 valence electrons. The van der Waals surface area contributed by atoms with Crippen LogP contribution in [0.1, 0.15) is 24.5 Å². The van der Waals surface area contributed by atoms with Crippen molar-refractivity contribution in [3.05, 3.63) is 35.4 Å². The quantitative estimate of drug-likeness (QED) is 0.873. The van der Waals surface area contributed by atoms with Crippen molar-refractivity contribution < 1.29 is 22.7 Å². The normalized spacial score (nSPS) is 25.9. The fourth-order valence-electron chi connectivity index (χ4n) is 2.90. The van der Waals surface area contributed by atoms with Crippen molar-refractivity contribution in [2.24, 2.45) is 5.92 Å². The summed E-state index contributed by atoms with van der Waals surface area (Å²) in [6.45, 7) is 2.21. The lowest BCUT2D eigenvalue weighted by molar-refractivity contribution is -0.147. The van der Waals surface area contributed by atoms with Crippen LogP contribution in [0.15, 0.2) is 24.3 Å². The maximum Gasteiger partial charge on any atom is 0.416 e. The van der Waals surface area contributed by atoms with Gasteiger partial charge in [-0.15, -0.1) is 0 Å². The van der Waals surface area contributed by atoms with Crippen LogP contribution >= 0.6 is 0 Å². The van der Waals surface area contributed by atoms with Crippen LogP contribution in [0.4, 0.5) is 13.2 Å². The minimum Gasteiger partial charge on any atom is -0.468 e. The van der Waals surface area contributed by atoms with E-state index in [1.54, 1.807) is 13.0 Å². The summed E-state index contributed by atoms with van der Waals surface area (Å²) in [4.78, 5) is 11.7. The van der Waals surface area contributed by atoms with Crippen molar-refractivity contribution in [3.8, 4) is 0 Å². The minimum absolute atomic E-state index is 0.0300. The Kier molecular flexibility index (Phi) is 4.27. The zero-order valence-corrected chi connectivity index (χ0v) is 12.0. The topological polar surface area (TPSA) is 38.3 Å². The van der Waals surface area contributed by atoms with E-state index in [1.165, 1.54) is 19.2 Å². The first-order valence-electron chi connectivity index (χ1n) is 6.75. The Hall–Kier alpha value is -1.56. The Bertz CT molecular complexity index is 530. The highest BCUT2D eigenvalue weighted by atomic mass is 19.4. The van der Waals surface area contributed by atoms with E-state index >= 15 is 0 Å². The van der Waals surface area contributed by atoms with Gasteiger partial charge in [-0.2, -0.15) is 13.2 Å². The molecule has 1 fully saturated rings. The van der Waals surface area contributed by atoms with Crippen molar-refractivity contribution in [2.45, 2.75) is 31.5 Å². The number of esters is 1. The molecule has 0 radical (unpaired) electrons. The van der Waals surface area contributed by atoms with E-state index in [-0.39, 0.29) is 23.9 Å². The molecular formula is C15H18F3NO2. The second kappa shape index (κ2) is 5.67. The third-order valence-electron chi connectivity index (χ3n) is 3.95. The number of carbonyl (C=O) groups excluding carboxylic acids is 1. The number of nitrogens with one attached hydrogen (secondary N) is 1. The molecule has 0 amide bonds. The van der Waals surface area contributed by atoms with Gasteiger partial charge in [-0.05, 0) is 43.9 Å². The number of carbonyl (C=O) groups is 1. The number of hydrogen-bond donors (Lipinski definition) is 1. The molecule has 0 bridgehead atoms. The molecule has 0 aromatic heterocycles. The first kappa shape index (κ1) is 15.8. The van der Waals surface area contributed by atoms with Gasteiger partial charge in [0, 0.05) is 0 Å². The largest absolute Gasteiger partial charge is 0.468 e. The number of alkyl halides is 3. The van der Waals surface area contributed by atoms with E-state index in [0.29, 0.717) is 13.0 Å². The summed E-state index contributed by atoms with van der Waals surface area (Å²) in [5.74, 6) is -0.410. The highest BCUT2D eigenvalue weighted by Gasteiger charge is 2.42. The predicted molar refractivity (Wildman–Crippen MR) is 71.7 cm³/mol. The lowest BCUT2D eigenvalue weighted by atomic mass is 9.89. The first-order valence-corrected chi connectivity index (χ1v) is 6.75. The molecule has 1 N–H and O–H groups in total. The van der Waals surface area contributed by atoms with Crippen LogP contribution in [-0.2, 0) is 22.1 Å². The molecule has 2 rings (SSSR count). The zero-order valence-electron chi connectivity index (χ0n) is 12.0. The van der Waals surface area contributed by atoms with Gasteiger partial charge in [-0.1, -0.05) is 18.2 Å². The third-order valence-corrected chi connectivity index (χ3v) is 3.95. The van der Waals surface area contributed by atoms with Gasteiger partial charge in [0.2, 0.25) is 0 Å². The van der Waals surface area contributed by atoms with Gasteiger partial charge in [0.25, 0.3) is 0 Å². The van der Waals surface area contributed by atoms with Crippen LogP contribution in [0, 0.1) is 5.92 Å². The van der Waals surface area contributed by atoms with Gasteiger partial charge in [-0.3, -0.25) is 4.79 Å². The Morgan fingerprint density at radius 1 is 1.43 bits per heavy atom. The summed E-state index contributed by atoms with van der Waals surface area (Å²) in [5, 5.41) is 3.06. The van der Waals surface area contributed by atoms with Gasteiger partial charge in [0.05, 0.1) is 12.7 Å². The summed E-state index contributed by atoms with van der Waals surface area (Å²) in [5.41, 5.74) is -1.14. The summed E-state index contributed by atoms with van der Waals surface area (Å²) >= 11 is 0. The third kappa shape index (κ3) is 3.37. The van der Waals surface area contributed by atoms with Gasteiger partial charge >= 0.3 is 12.1 Å². The van der Waals surface area contributed by atoms with Gasteiger partial charge in [0.1, 0.15) is 5.54 Å². The fraction of sp³-hybridized carbons (Fsp3) is 0.533. The molecule has 6 heteroatoms. The fourth-order valence-corrected chi connectivity index (χ4v) is 2.90. The van der Waals surface area contributed by atoms with Crippen molar-refractivity contribution in [1.82, 2.24) is 5.32 Å². The molecule has 2 unspecified atom stereocenters. The monoisotopic (exact) mass is 301 g/mol. The van der Waals surface area contributed by atoms with Crippen LogP contribution in [0.25, 0.3) is 0 Å². The molecule has 2 atom stereocenters. The molecule has 21 heavy (non-hydrogen) atoms. The Morgan fingerprint density at radius 2 is 2.10 bits per heavy atom. The number of benzene rings is 1. The molecule has 1 aromatic rings. The van der Waals surface area contributed by atoms with Crippen LogP contribution in [-0.4, -0.2) is 25.2 Å². The zero-order chi connectivity index (χ0) is 15.7. The summed E-state index contributed by atoms with van der Waals surface area (Å²) in [6.07, 6.45) is -3.60. The highest BCUT2D eigenvalue weighted by molar-refractivity contribution is 5.80. The molecule has 1 heterocycles. The summed E-state index contributed by atoms with van der Waals surface area (Å²) in [6, 6.07) is 5.58. The SMILES string of the molecule is COC(=O)C1(C)CC(Cc2ccccc2C(F)(F)F)CN1. The van der Waals surface area contributed by atoms with Crippen LogP contribution in [0.5, 0.6) is 0 Å². The lowest BCUT2D eigenvalue weighted by Crippen LogP contribution is -2.45. The van der Waals surface area contributed by atoms with Crippen LogP contribution < -0.4 is 5.32 Å². The lowest BCUT2D eigenvalue weighted by Gasteiger charge is -2.21. The minimum atomic E-state index is -4.35. The number of hydrogen-bond acceptors (Lipinski definition) is 3. The molecule has 1 saturated heterocycles. The highest BCUT2D eigenvalue weighted by Crippen LogP contribution is 2.35. The summed E-state index contributed by atoms with van der Waals surface area (Å²) < 4.78 is 43.6. The molecule has 0 aliphatic carbocycles. The van der Waals surface area contributed by atoms with Gasteiger partial charge in [0.15, 0.2) is 0 Å². The van der Waals surface area contributed by atoms with Crippen LogP contribution in [0.3, 0.4) is 0 Å². The molecule has 3 nitrogen and oxygen atoms in total. The van der Waals surface area contributed by atoms with Gasteiger partial charge in [-0.25, -0.2) is 0 Å². The molecule has 0 spiro atoms. The first-order chi connectivity index (χ1) is 9.76. The number of methoxy groups -OCH3 is 1. The smallest absolute Gasteiger partial charge is 0.416 e. The van der Waals surface area contributed by atoms with E-state index in [1.807, 2.05) is 0 Å². The number of rotatable bonds is 3. The second-order valence-electron chi connectivity index (χ2n) is 5.63. The molecule has 1 aromatic carbocycles. The predicted octanol–water partition coefficient (Wildman–Crippen LogP) is 2.79.